The van der Waals surface area contributed by atoms with E-state index in [4.69, 9.17) is 23.2 Å². The zero-order chi connectivity index (χ0) is 21.0. The number of amides is 1. The fourth-order valence-electron chi connectivity index (χ4n) is 2.69. The van der Waals surface area contributed by atoms with Crippen molar-refractivity contribution in [3.63, 3.8) is 0 Å². The maximum atomic E-state index is 13.2. The lowest BCUT2D eigenvalue weighted by Crippen LogP contribution is -2.31. The quantitative estimate of drug-likeness (QED) is 0.582. The van der Waals surface area contributed by atoms with Gasteiger partial charge in [0.2, 0.25) is 0 Å². The summed E-state index contributed by atoms with van der Waals surface area (Å²) in [5, 5.41) is 3.13. The van der Waals surface area contributed by atoms with E-state index in [1.165, 1.54) is 34.8 Å². The van der Waals surface area contributed by atoms with Crippen molar-refractivity contribution in [1.29, 1.82) is 0 Å². The molecule has 0 aliphatic carbocycles. The molecule has 0 fully saturated rings. The Morgan fingerprint density at radius 2 is 1.79 bits per heavy atom. The molecular weight excluding hydrogens is 433 g/mol. The van der Waals surface area contributed by atoms with Crippen molar-refractivity contribution >= 4 is 50.6 Å². The zero-order valence-electron chi connectivity index (χ0n) is 15.3. The number of anilines is 2. The van der Waals surface area contributed by atoms with Crippen molar-refractivity contribution in [3.8, 4) is 0 Å². The summed E-state index contributed by atoms with van der Waals surface area (Å²) in [6.07, 6.45) is 1.39. The molecule has 2 aromatic carbocycles. The number of benzene rings is 2. The van der Waals surface area contributed by atoms with Gasteiger partial charge in [-0.15, -0.1) is 0 Å². The van der Waals surface area contributed by atoms with Crippen LogP contribution in [-0.4, -0.2) is 25.9 Å². The van der Waals surface area contributed by atoms with Gasteiger partial charge in [-0.1, -0.05) is 41.4 Å². The number of nitrogens with zero attached hydrogens (tertiary/aromatic N) is 2. The van der Waals surface area contributed by atoms with Crippen molar-refractivity contribution in [2.24, 2.45) is 0 Å². The molecule has 0 unspecified atom stereocenters. The van der Waals surface area contributed by atoms with Gasteiger partial charge in [-0.25, -0.2) is 13.4 Å². The van der Waals surface area contributed by atoms with E-state index in [9.17, 15) is 13.2 Å². The molecule has 6 nitrogen and oxygen atoms in total. The van der Waals surface area contributed by atoms with Crippen LogP contribution in [0.15, 0.2) is 71.8 Å². The third-order valence-electron chi connectivity index (χ3n) is 4.07. The highest BCUT2D eigenvalue weighted by atomic mass is 35.5. The molecular formula is C20H17Cl2N3O3S. The third kappa shape index (κ3) is 4.70. The minimum atomic E-state index is -3.89. The maximum Gasteiger partial charge on any atom is 0.264 e. The highest BCUT2D eigenvalue weighted by molar-refractivity contribution is 7.92. The Hall–Kier alpha value is -2.61. The molecule has 3 aromatic rings. The summed E-state index contributed by atoms with van der Waals surface area (Å²) in [5.74, 6) is -0.312. The second-order valence-electron chi connectivity index (χ2n) is 5.96. The van der Waals surface area contributed by atoms with Gasteiger partial charge >= 0.3 is 0 Å². The van der Waals surface area contributed by atoms with Crippen molar-refractivity contribution in [3.05, 3.63) is 82.5 Å². The van der Waals surface area contributed by atoms with Gasteiger partial charge in [0.1, 0.15) is 5.82 Å². The van der Waals surface area contributed by atoms with Gasteiger partial charge < -0.3 is 5.32 Å². The average Bonchev–Trinajstić information content (AvgIpc) is 2.71. The smallest absolute Gasteiger partial charge is 0.264 e. The Balaban J connectivity index is 1.95. The average molecular weight is 450 g/mol. The van der Waals surface area contributed by atoms with Crippen LogP contribution in [0.3, 0.4) is 0 Å². The number of rotatable bonds is 6. The van der Waals surface area contributed by atoms with Crippen molar-refractivity contribution in [1.82, 2.24) is 4.98 Å². The molecule has 150 valence electrons. The SMILES string of the molecule is CCN(c1ccccc1)S(=O)(=O)c1ccc(Cl)c(C(=O)Nc2ccc(Cl)cn2)c1. The van der Waals surface area contributed by atoms with Crippen LogP contribution in [0.25, 0.3) is 0 Å². The number of para-hydroxylation sites is 1. The first kappa shape index (κ1) is 21.1. The molecule has 0 aliphatic heterocycles. The van der Waals surface area contributed by atoms with E-state index >= 15 is 0 Å². The molecule has 1 amide bonds. The Bertz CT molecular complexity index is 1120. The van der Waals surface area contributed by atoms with Gasteiger partial charge in [0, 0.05) is 12.7 Å². The highest BCUT2D eigenvalue weighted by Crippen LogP contribution is 2.27. The van der Waals surface area contributed by atoms with Crippen LogP contribution in [-0.2, 0) is 10.0 Å². The summed E-state index contributed by atoms with van der Waals surface area (Å²) < 4.78 is 27.6. The molecule has 1 heterocycles. The molecule has 0 radical (unpaired) electrons. The number of pyridine rings is 1. The number of halogens is 2. The number of nitrogens with one attached hydrogen (secondary N) is 1. The lowest BCUT2D eigenvalue weighted by Gasteiger charge is -2.23. The van der Waals surface area contributed by atoms with Gasteiger partial charge in [0.15, 0.2) is 0 Å². The molecule has 3 rings (SSSR count). The minimum absolute atomic E-state index is 0.0219. The second kappa shape index (κ2) is 8.82. The van der Waals surface area contributed by atoms with Gasteiger partial charge in [0.05, 0.1) is 26.2 Å². The predicted octanol–water partition coefficient (Wildman–Crippen LogP) is 4.86. The number of hydrogen-bond donors (Lipinski definition) is 1. The normalized spacial score (nSPS) is 11.1. The van der Waals surface area contributed by atoms with Crippen molar-refractivity contribution in [2.75, 3.05) is 16.2 Å². The number of aromatic nitrogens is 1. The molecule has 1 aromatic heterocycles. The number of sulfonamides is 1. The van der Waals surface area contributed by atoms with Crippen LogP contribution in [0.4, 0.5) is 11.5 Å². The summed E-state index contributed by atoms with van der Waals surface area (Å²) in [5.41, 5.74) is 0.551. The molecule has 29 heavy (non-hydrogen) atoms. The maximum absolute atomic E-state index is 13.2. The van der Waals surface area contributed by atoms with Gasteiger partial charge in [-0.2, -0.15) is 0 Å². The van der Waals surface area contributed by atoms with E-state index in [2.05, 4.69) is 10.3 Å². The Labute approximate surface area is 179 Å². The number of carbonyl (C=O) groups excluding carboxylic acids is 1. The summed E-state index contributed by atoms with van der Waals surface area (Å²) in [6, 6.07) is 15.9. The molecule has 0 atom stereocenters. The van der Waals surface area contributed by atoms with Crippen LogP contribution in [0.1, 0.15) is 17.3 Å². The van der Waals surface area contributed by atoms with Gasteiger partial charge in [-0.3, -0.25) is 9.10 Å². The largest absolute Gasteiger partial charge is 0.307 e. The fourth-order valence-corrected chi connectivity index (χ4v) is 4.50. The second-order valence-corrected chi connectivity index (χ2v) is 8.67. The lowest BCUT2D eigenvalue weighted by molar-refractivity contribution is 0.102. The topological polar surface area (TPSA) is 79.4 Å². The Morgan fingerprint density at radius 1 is 1.07 bits per heavy atom. The molecule has 0 saturated carbocycles. The molecule has 1 N–H and O–H groups in total. The zero-order valence-corrected chi connectivity index (χ0v) is 17.7. The molecule has 0 bridgehead atoms. The van der Waals surface area contributed by atoms with Crippen LogP contribution in [0.2, 0.25) is 10.0 Å². The van der Waals surface area contributed by atoms with Gasteiger partial charge in [-0.05, 0) is 49.4 Å². The molecule has 0 spiro atoms. The van der Waals surface area contributed by atoms with E-state index in [0.29, 0.717) is 10.7 Å². The summed E-state index contributed by atoms with van der Waals surface area (Å²) in [4.78, 5) is 16.6. The van der Waals surface area contributed by atoms with Crippen molar-refractivity contribution < 1.29 is 13.2 Å². The predicted molar refractivity (Wildman–Crippen MR) is 115 cm³/mol. The van der Waals surface area contributed by atoms with Crippen LogP contribution in [0, 0.1) is 0 Å². The highest BCUT2D eigenvalue weighted by Gasteiger charge is 2.25. The lowest BCUT2D eigenvalue weighted by atomic mass is 10.2. The molecule has 0 saturated heterocycles. The summed E-state index contributed by atoms with van der Waals surface area (Å²) in [7, 11) is -3.89. The molecule has 0 aliphatic rings. The number of carbonyl (C=O) groups is 1. The monoisotopic (exact) mass is 449 g/mol. The van der Waals surface area contributed by atoms with Crippen LogP contribution >= 0.6 is 23.2 Å². The van der Waals surface area contributed by atoms with E-state index in [0.717, 1.165) is 0 Å². The first-order chi connectivity index (χ1) is 13.8. The minimum Gasteiger partial charge on any atom is -0.307 e. The summed E-state index contributed by atoms with van der Waals surface area (Å²) >= 11 is 11.9. The number of hydrogen-bond acceptors (Lipinski definition) is 4. The van der Waals surface area contributed by atoms with Crippen LogP contribution < -0.4 is 9.62 Å². The van der Waals surface area contributed by atoms with Gasteiger partial charge in [0.25, 0.3) is 15.9 Å². The Morgan fingerprint density at radius 3 is 2.41 bits per heavy atom. The van der Waals surface area contributed by atoms with Crippen LogP contribution in [0.5, 0.6) is 0 Å². The summed E-state index contributed by atoms with van der Waals surface area (Å²) in [6.45, 7) is 1.96. The first-order valence-electron chi connectivity index (χ1n) is 8.63. The van der Waals surface area contributed by atoms with E-state index < -0.39 is 15.9 Å². The standard InChI is InChI=1S/C20H17Cl2N3O3S/c1-2-25(15-6-4-3-5-7-15)29(27,28)16-9-10-18(22)17(12-16)20(26)24-19-11-8-14(21)13-23-19/h3-13H,2H2,1H3,(H,23,24,26). The third-order valence-corrected chi connectivity index (χ3v) is 6.52. The fraction of sp³-hybridized carbons (Fsp3) is 0.100. The first-order valence-corrected chi connectivity index (χ1v) is 10.8. The molecule has 9 heteroatoms. The van der Waals surface area contributed by atoms with E-state index in [1.54, 1.807) is 43.3 Å². The van der Waals surface area contributed by atoms with Crippen molar-refractivity contribution in [2.45, 2.75) is 11.8 Å². The van der Waals surface area contributed by atoms with E-state index in [-0.39, 0.29) is 27.8 Å². The Kier molecular flexibility index (Phi) is 6.42. The van der Waals surface area contributed by atoms with E-state index in [1.807, 2.05) is 0 Å².